The Morgan fingerprint density at radius 2 is 1.88 bits per heavy atom. The predicted molar refractivity (Wildman–Crippen MR) is 125 cm³/mol. The van der Waals surface area contributed by atoms with Crippen molar-refractivity contribution in [1.29, 1.82) is 0 Å². The molecule has 2 atom stereocenters. The highest BCUT2D eigenvalue weighted by molar-refractivity contribution is 5.94. The highest BCUT2D eigenvalue weighted by Gasteiger charge is 2.42. The van der Waals surface area contributed by atoms with Crippen molar-refractivity contribution in [2.24, 2.45) is 0 Å². The van der Waals surface area contributed by atoms with Crippen LogP contribution in [-0.2, 0) is 24.3 Å². The van der Waals surface area contributed by atoms with Gasteiger partial charge in [0.25, 0.3) is 5.91 Å². The molecule has 1 fully saturated rings. The van der Waals surface area contributed by atoms with Gasteiger partial charge in [0.1, 0.15) is 11.5 Å². The van der Waals surface area contributed by atoms with Crippen LogP contribution in [0.4, 0.5) is 0 Å². The third kappa shape index (κ3) is 3.83. The van der Waals surface area contributed by atoms with Gasteiger partial charge in [0.05, 0.1) is 17.4 Å². The van der Waals surface area contributed by atoms with Crippen LogP contribution in [0.2, 0.25) is 0 Å². The van der Waals surface area contributed by atoms with Gasteiger partial charge in [0.15, 0.2) is 0 Å². The Morgan fingerprint density at radius 1 is 1.12 bits per heavy atom. The number of carbonyl (C=O) groups excluding carboxylic acids is 2. The Morgan fingerprint density at radius 3 is 2.58 bits per heavy atom. The van der Waals surface area contributed by atoms with E-state index in [1.54, 1.807) is 7.05 Å². The molecule has 2 amide bonds. The lowest BCUT2D eigenvalue weighted by atomic mass is 10.1. The van der Waals surface area contributed by atoms with Crippen LogP contribution in [0, 0.1) is 13.8 Å². The molecule has 2 aliphatic rings. The van der Waals surface area contributed by atoms with Crippen LogP contribution in [0.5, 0.6) is 0 Å². The molecular formula is C25H30N6O2. The smallest absolute Gasteiger partial charge is 0.271 e. The topological polar surface area (TPSA) is 85.0 Å². The van der Waals surface area contributed by atoms with Crippen molar-refractivity contribution < 1.29 is 9.59 Å². The van der Waals surface area contributed by atoms with E-state index in [0.29, 0.717) is 31.6 Å². The first-order valence-corrected chi connectivity index (χ1v) is 11.7. The molecule has 0 spiro atoms. The highest BCUT2D eigenvalue weighted by atomic mass is 16.2. The summed E-state index contributed by atoms with van der Waals surface area (Å²) in [7, 11) is 1.63. The second-order valence-corrected chi connectivity index (χ2v) is 9.08. The lowest BCUT2D eigenvalue weighted by Crippen LogP contribution is -2.42. The van der Waals surface area contributed by atoms with Crippen LogP contribution in [-0.4, -0.2) is 55.2 Å². The fraction of sp³-hybridized carbons (Fsp3) is 0.440. The number of amides is 2. The van der Waals surface area contributed by atoms with Gasteiger partial charge in [-0.15, -0.1) is 0 Å². The van der Waals surface area contributed by atoms with Gasteiger partial charge in [-0.3, -0.25) is 14.3 Å². The maximum absolute atomic E-state index is 13.4. The normalized spacial score (nSPS) is 19.3. The molecule has 2 aromatic heterocycles. The maximum Gasteiger partial charge on any atom is 0.271 e. The first-order chi connectivity index (χ1) is 16.0. The number of hydrogen-bond acceptors (Lipinski definition) is 4. The van der Waals surface area contributed by atoms with E-state index >= 15 is 0 Å². The summed E-state index contributed by atoms with van der Waals surface area (Å²) >= 11 is 0. The Kier molecular flexibility index (Phi) is 5.52. The third-order valence-corrected chi connectivity index (χ3v) is 6.92. The maximum atomic E-state index is 13.4. The second-order valence-electron chi connectivity index (χ2n) is 9.08. The molecule has 0 saturated carbocycles. The van der Waals surface area contributed by atoms with Crippen molar-refractivity contribution in [1.82, 2.24) is 29.5 Å². The first kappa shape index (κ1) is 21.4. The summed E-state index contributed by atoms with van der Waals surface area (Å²) < 4.78 is 4.09. The van der Waals surface area contributed by atoms with E-state index in [2.05, 4.69) is 19.9 Å². The Balaban J connectivity index is 1.44. The summed E-state index contributed by atoms with van der Waals surface area (Å²) in [4.78, 5) is 32.9. The predicted octanol–water partition coefficient (Wildman–Crippen LogP) is 2.73. The minimum absolute atomic E-state index is 0.0907. The van der Waals surface area contributed by atoms with Crippen molar-refractivity contribution in [2.45, 2.75) is 64.7 Å². The monoisotopic (exact) mass is 446 g/mol. The molecule has 8 heteroatoms. The number of hydrogen-bond donors (Lipinski definition) is 1. The van der Waals surface area contributed by atoms with Gasteiger partial charge in [0.2, 0.25) is 5.91 Å². The number of nitrogens with zero attached hydrogens (tertiary/aromatic N) is 5. The molecule has 33 heavy (non-hydrogen) atoms. The van der Waals surface area contributed by atoms with Gasteiger partial charge >= 0.3 is 0 Å². The van der Waals surface area contributed by atoms with E-state index in [1.807, 2.05) is 54.9 Å². The fourth-order valence-corrected chi connectivity index (χ4v) is 5.41. The number of aromatic nitrogens is 4. The Labute approximate surface area is 193 Å². The minimum atomic E-state index is -0.180. The number of rotatable bonds is 5. The molecule has 8 nitrogen and oxygen atoms in total. The van der Waals surface area contributed by atoms with Crippen LogP contribution in [0.25, 0.3) is 11.4 Å². The number of benzene rings is 1. The van der Waals surface area contributed by atoms with Crippen LogP contribution in [0.15, 0.2) is 36.4 Å². The number of carbonyl (C=O) groups is 2. The van der Waals surface area contributed by atoms with Crippen molar-refractivity contribution in [2.75, 3.05) is 7.05 Å². The van der Waals surface area contributed by atoms with E-state index in [0.717, 1.165) is 41.3 Å². The molecule has 2 unspecified atom stereocenters. The van der Waals surface area contributed by atoms with Gasteiger partial charge < -0.3 is 14.8 Å². The van der Waals surface area contributed by atoms with E-state index in [4.69, 9.17) is 4.98 Å². The third-order valence-electron chi connectivity index (χ3n) is 6.92. The van der Waals surface area contributed by atoms with Crippen molar-refractivity contribution in [3.05, 3.63) is 59.2 Å². The van der Waals surface area contributed by atoms with Gasteiger partial charge in [-0.25, -0.2) is 4.98 Å². The molecule has 1 aromatic carbocycles. The van der Waals surface area contributed by atoms with E-state index in [9.17, 15) is 9.59 Å². The minimum Gasteiger partial charge on any atom is -0.354 e. The van der Waals surface area contributed by atoms with Crippen LogP contribution in [0.3, 0.4) is 0 Å². The summed E-state index contributed by atoms with van der Waals surface area (Å²) in [5, 5.41) is 7.23. The highest BCUT2D eigenvalue weighted by Crippen LogP contribution is 2.36. The molecule has 0 radical (unpaired) electrons. The second kappa shape index (κ2) is 8.50. The van der Waals surface area contributed by atoms with Crippen molar-refractivity contribution >= 4 is 11.8 Å². The van der Waals surface area contributed by atoms with Gasteiger partial charge in [-0.05, 0) is 32.8 Å². The molecule has 2 aliphatic heterocycles. The van der Waals surface area contributed by atoms with E-state index in [1.165, 1.54) is 0 Å². The summed E-state index contributed by atoms with van der Waals surface area (Å²) in [5.74, 6) is 0.782. The number of fused-ring (bicyclic) bond motifs is 3. The molecule has 3 aromatic rings. The standard InChI is InChI=1S/C25H30N6O2/c1-16-13-17(2)30(28-16)12-11-22(32)31-19-9-10-20(31)15-29-21(14-19)23(25(33)26-3)27-24(29)18-7-5-4-6-8-18/h4-8,13,19-20H,9-12,14-15H2,1-3H3,(H,26,33). The molecule has 1 N–H and O–H groups in total. The van der Waals surface area contributed by atoms with E-state index < -0.39 is 0 Å². The van der Waals surface area contributed by atoms with Crippen LogP contribution < -0.4 is 5.32 Å². The molecule has 5 rings (SSSR count). The molecule has 1 saturated heterocycles. The lowest BCUT2D eigenvalue weighted by Gasteiger charge is -2.28. The summed E-state index contributed by atoms with van der Waals surface area (Å²) in [6.07, 6.45) is 2.99. The van der Waals surface area contributed by atoms with Crippen LogP contribution >= 0.6 is 0 Å². The summed E-state index contributed by atoms with van der Waals surface area (Å²) in [5.41, 5.74) is 4.42. The zero-order chi connectivity index (χ0) is 23.1. The number of imidazole rings is 1. The van der Waals surface area contributed by atoms with Crippen molar-refractivity contribution in [3.8, 4) is 11.4 Å². The number of aryl methyl sites for hydroxylation is 3. The zero-order valence-corrected chi connectivity index (χ0v) is 19.4. The summed E-state index contributed by atoms with van der Waals surface area (Å²) in [6.45, 7) is 5.23. The molecule has 172 valence electrons. The largest absolute Gasteiger partial charge is 0.354 e. The summed E-state index contributed by atoms with van der Waals surface area (Å²) in [6, 6.07) is 12.2. The van der Waals surface area contributed by atoms with Crippen LogP contribution in [0.1, 0.15) is 46.8 Å². The van der Waals surface area contributed by atoms with Gasteiger partial charge in [-0.2, -0.15) is 5.10 Å². The molecule has 4 heterocycles. The van der Waals surface area contributed by atoms with Gasteiger partial charge in [-0.1, -0.05) is 30.3 Å². The van der Waals surface area contributed by atoms with Gasteiger partial charge in [0, 0.05) is 50.3 Å². The molecule has 0 aliphatic carbocycles. The Hall–Kier alpha value is -3.42. The fourth-order valence-electron chi connectivity index (χ4n) is 5.41. The molecular weight excluding hydrogens is 416 g/mol. The zero-order valence-electron chi connectivity index (χ0n) is 19.4. The lowest BCUT2D eigenvalue weighted by molar-refractivity contribution is -0.134. The number of nitrogens with one attached hydrogen (secondary N) is 1. The van der Waals surface area contributed by atoms with Crippen molar-refractivity contribution in [3.63, 3.8) is 0 Å². The first-order valence-electron chi connectivity index (χ1n) is 11.7. The Bertz CT molecular complexity index is 1200. The average molecular weight is 447 g/mol. The SMILES string of the molecule is CNC(=O)c1nc(-c2ccccc2)n2c1CC1CCC(C2)N1C(=O)CCn1nc(C)cc1C. The quantitative estimate of drug-likeness (QED) is 0.653. The van der Waals surface area contributed by atoms with E-state index in [-0.39, 0.29) is 23.9 Å². The molecule has 2 bridgehead atoms. The average Bonchev–Trinajstić information content (AvgIpc) is 3.43.